The summed E-state index contributed by atoms with van der Waals surface area (Å²) < 4.78 is 58.1. The topological polar surface area (TPSA) is 152 Å². The third-order valence-corrected chi connectivity index (χ3v) is 1.60. The van der Waals surface area contributed by atoms with E-state index in [1.54, 1.807) is 0 Å². The Morgan fingerprint density at radius 3 is 1.23 bits per heavy atom. The molecule has 13 heavy (non-hydrogen) atoms. The zero-order chi connectivity index (χ0) is 10.9. The fourth-order valence-electron chi connectivity index (χ4n) is 0.173. The van der Waals surface area contributed by atoms with Gasteiger partial charge in [0.15, 0.2) is 0 Å². The van der Waals surface area contributed by atoms with Crippen LogP contribution in [0.1, 0.15) is 0 Å². The van der Waals surface area contributed by atoms with Crippen LogP contribution < -0.4 is 0 Å². The second-order valence-electron chi connectivity index (χ2n) is 1.55. The average molecular weight is 234 g/mol. The van der Waals surface area contributed by atoms with Crippen molar-refractivity contribution in [2.24, 2.45) is 0 Å². The van der Waals surface area contributed by atoms with Crippen molar-refractivity contribution in [1.82, 2.24) is 0 Å². The summed E-state index contributed by atoms with van der Waals surface area (Å²) in [6.07, 6.45) is 0. The number of hydrogen-bond donors (Lipinski definition) is 2. The lowest BCUT2D eigenvalue weighted by Gasteiger charge is -1.95. The van der Waals surface area contributed by atoms with E-state index >= 15 is 0 Å². The molecule has 0 saturated carbocycles. The normalized spacial score (nSPS) is 12.2. The van der Waals surface area contributed by atoms with E-state index in [0.717, 1.165) is 0 Å². The van der Waals surface area contributed by atoms with Crippen LogP contribution in [0, 0.1) is 0 Å². The van der Waals surface area contributed by atoms with Gasteiger partial charge in [0.1, 0.15) is 0 Å². The molecule has 0 atom stereocenters. The maximum atomic E-state index is 10.1. The van der Waals surface area contributed by atoms with Gasteiger partial charge in [-0.05, 0) is 0 Å². The minimum atomic E-state index is -5.32. The molecular formula is C2H2O9S2. The van der Waals surface area contributed by atoms with E-state index in [9.17, 15) is 26.4 Å². The van der Waals surface area contributed by atoms with E-state index < -0.39 is 30.8 Å². The highest BCUT2D eigenvalue weighted by Gasteiger charge is 2.30. The first-order valence-electron chi connectivity index (χ1n) is 2.26. The molecule has 0 radical (unpaired) electrons. The standard InChI is InChI=1S/C2H2O9S2/c3-1(12(5,6)7)11-2(4)13(8,9)10/h(H,5,6,7)(H,8,9,10). The van der Waals surface area contributed by atoms with Gasteiger partial charge in [0.05, 0.1) is 0 Å². The van der Waals surface area contributed by atoms with E-state index in [1.165, 1.54) is 0 Å². The molecule has 0 aliphatic heterocycles. The van der Waals surface area contributed by atoms with Gasteiger partial charge in [0.2, 0.25) is 0 Å². The van der Waals surface area contributed by atoms with Crippen LogP contribution >= 0.6 is 0 Å². The summed E-state index contributed by atoms with van der Waals surface area (Å²) in [5, 5.41) is -4.98. The average Bonchev–Trinajstić information content (AvgIpc) is 1.82. The van der Waals surface area contributed by atoms with E-state index in [1.807, 2.05) is 0 Å². The molecule has 9 nitrogen and oxygen atoms in total. The fourth-order valence-corrected chi connectivity index (χ4v) is 0.588. The Bertz CT molecular complexity index is 380. The number of hydrogen-bond acceptors (Lipinski definition) is 7. The van der Waals surface area contributed by atoms with Crippen LogP contribution in [0.5, 0.6) is 0 Å². The van der Waals surface area contributed by atoms with Crippen LogP contribution in [0.3, 0.4) is 0 Å². The molecule has 0 aliphatic carbocycles. The maximum absolute atomic E-state index is 10.1. The first-order chi connectivity index (χ1) is 5.55. The van der Waals surface area contributed by atoms with Gasteiger partial charge in [-0.2, -0.15) is 16.8 Å². The van der Waals surface area contributed by atoms with Crippen LogP contribution in [0.4, 0.5) is 9.59 Å². The van der Waals surface area contributed by atoms with Gasteiger partial charge in [0.25, 0.3) is 0 Å². The minimum Gasteiger partial charge on any atom is -0.366 e. The summed E-state index contributed by atoms with van der Waals surface area (Å²) in [5.74, 6) is 0. The lowest BCUT2D eigenvalue weighted by molar-refractivity contribution is 0.179. The molecule has 0 aliphatic rings. The van der Waals surface area contributed by atoms with Gasteiger partial charge in [0, 0.05) is 0 Å². The van der Waals surface area contributed by atoms with Gasteiger partial charge in [-0.1, -0.05) is 0 Å². The van der Waals surface area contributed by atoms with Crippen LogP contribution in [0.25, 0.3) is 0 Å². The largest absolute Gasteiger partial charge is 0.460 e. The van der Waals surface area contributed by atoms with Crippen LogP contribution in [0.15, 0.2) is 0 Å². The molecule has 0 heterocycles. The predicted molar refractivity (Wildman–Crippen MR) is 35.0 cm³/mol. The van der Waals surface area contributed by atoms with Crippen LogP contribution in [0.2, 0.25) is 0 Å². The number of rotatable bonds is 0. The fraction of sp³-hybridized carbons (Fsp3) is 0. The molecule has 0 bridgehead atoms. The molecule has 11 heteroatoms. The van der Waals surface area contributed by atoms with Gasteiger partial charge < -0.3 is 4.74 Å². The molecule has 0 aromatic carbocycles. The van der Waals surface area contributed by atoms with E-state index in [0.29, 0.717) is 0 Å². The van der Waals surface area contributed by atoms with Crippen LogP contribution in [-0.2, 0) is 25.0 Å². The van der Waals surface area contributed by atoms with Crippen molar-refractivity contribution >= 4 is 30.8 Å². The Balaban J connectivity index is 4.72. The zero-order valence-corrected chi connectivity index (χ0v) is 7.20. The lowest BCUT2D eigenvalue weighted by Crippen LogP contribution is -2.23. The number of carbonyl (C=O) groups excluding carboxylic acids is 2. The van der Waals surface area contributed by atoms with Crippen molar-refractivity contribution in [2.45, 2.75) is 0 Å². The SMILES string of the molecule is O=C(OC(=O)S(=O)(=O)O)S(=O)(=O)O. The first kappa shape index (κ1) is 12.0. The third-order valence-electron chi connectivity index (χ3n) is 0.588. The van der Waals surface area contributed by atoms with E-state index in [2.05, 4.69) is 4.74 Å². The minimum absolute atomic E-state index is 2.49. The molecule has 0 fully saturated rings. The molecule has 0 saturated heterocycles. The molecule has 0 aromatic rings. The third kappa shape index (κ3) is 3.93. The summed E-state index contributed by atoms with van der Waals surface area (Å²) in [7, 11) is -10.6. The monoisotopic (exact) mass is 234 g/mol. The molecule has 0 rings (SSSR count). The van der Waals surface area contributed by atoms with Crippen molar-refractivity contribution in [3.8, 4) is 0 Å². The van der Waals surface area contributed by atoms with Crippen molar-refractivity contribution in [3.05, 3.63) is 0 Å². The Morgan fingerprint density at radius 1 is 0.846 bits per heavy atom. The second-order valence-corrected chi connectivity index (χ2v) is 4.12. The number of carbonyl (C=O) groups is 2. The van der Waals surface area contributed by atoms with Crippen LogP contribution in [-0.4, -0.2) is 36.5 Å². The molecular weight excluding hydrogens is 232 g/mol. The van der Waals surface area contributed by atoms with Crippen molar-refractivity contribution in [1.29, 1.82) is 0 Å². The summed E-state index contributed by atoms with van der Waals surface area (Å²) in [6.45, 7) is 0. The van der Waals surface area contributed by atoms with Crippen molar-refractivity contribution in [2.75, 3.05) is 0 Å². The molecule has 0 spiro atoms. The molecule has 2 N–H and O–H groups in total. The predicted octanol–water partition coefficient (Wildman–Crippen LogP) is -0.981. The van der Waals surface area contributed by atoms with E-state index in [4.69, 9.17) is 9.11 Å². The smallest absolute Gasteiger partial charge is 0.366 e. The molecule has 0 unspecified atom stereocenters. The Morgan fingerprint density at radius 2 is 1.08 bits per heavy atom. The van der Waals surface area contributed by atoms with Gasteiger partial charge in [-0.3, -0.25) is 9.11 Å². The quantitative estimate of drug-likeness (QED) is 0.305. The van der Waals surface area contributed by atoms with Crippen molar-refractivity contribution < 1.29 is 40.3 Å². The molecule has 0 aromatic heterocycles. The Hall–Kier alpha value is -1.04. The summed E-state index contributed by atoms with van der Waals surface area (Å²) in [4.78, 5) is 20.1. The summed E-state index contributed by atoms with van der Waals surface area (Å²) in [6, 6.07) is 0. The van der Waals surface area contributed by atoms with Crippen molar-refractivity contribution in [3.63, 3.8) is 0 Å². The highest BCUT2D eigenvalue weighted by Crippen LogP contribution is 1.97. The van der Waals surface area contributed by atoms with Gasteiger partial charge in [-0.25, -0.2) is 9.59 Å². The lowest BCUT2D eigenvalue weighted by atomic mass is 11.4. The second kappa shape index (κ2) is 3.37. The zero-order valence-electron chi connectivity index (χ0n) is 5.57. The highest BCUT2D eigenvalue weighted by molar-refractivity contribution is 8.02. The first-order valence-corrected chi connectivity index (χ1v) is 5.14. The summed E-state index contributed by atoms with van der Waals surface area (Å²) in [5.41, 5.74) is 0. The van der Waals surface area contributed by atoms with Gasteiger partial charge in [-0.15, -0.1) is 0 Å². The van der Waals surface area contributed by atoms with E-state index in [-0.39, 0.29) is 0 Å². The van der Waals surface area contributed by atoms with Gasteiger partial charge >= 0.3 is 30.8 Å². The highest BCUT2D eigenvalue weighted by atomic mass is 32.2. The molecule has 76 valence electrons. The summed E-state index contributed by atoms with van der Waals surface area (Å²) >= 11 is 0. The maximum Gasteiger partial charge on any atom is 0.460 e. The molecule has 0 amide bonds. The Labute approximate surface area is 71.8 Å². The number of ether oxygens (including phenoxy) is 1. The Kier molecular flexibility index (Phi) is 3.10.